The molecule has 2 aromatic rings. The summed E-state index contributed by atoms with van der Waals surface area (Å²) in [6, 6.07) is 7.66. The smallest absolute Gasteiger partial charge is 0.312 e. The molecule has 0 saturated carbocycles. The number of amides is 4. The number of hydrogen-bond acceptors (Lipinski definition) is 5. The number of carbonyl (C=O) groups excluding carboxylic acids is 3. The maximum Gasteiger partial charge on any atom is 0.312 e. The number of thiophene rings is 1. The van der Waals surface area contributed by atoms with Gasteiger partial charge in [-0.25, -0.2) is 4.79 Å². The van der Waals surface area contributed by atoms with E-state index in [4.69, 9.17) is 10.5 Å². The van der Waals surface area contributed by atoms with Crippen LogP contribution >= 0.6 is 11.3 Å². The Bertz CT molecular complexity index is 869. The lowest BCUT2D eigenvalue weighted by molar-refractivity contribution is -0.117. The number of nitrogens with one attached hydrogen (secondary N) is 2. The summed E-state index contributed by atoms with van der Waals surface area (Å²) < 4.78 is 5.40. The van der Waals surface area contributed by atoms with Crippen molar-refractivity contribution in [3.8, 4) is 5.75 Å². The molecule has 148 valence electrons. The minimum absolute atomic E-state index is 0.0398. The number of nitrogens with two attached hydrogens (primary N) is 1. The van der Waals surface area contributed by atoms with E-state index in [2.05, 4.69) is 10.6 Å². The molecule has 28 heavy (non-hydrogen) atoms. The van der Waals surface area contributed by atoms with Gasteiger partial charge in [-0.15, -0.1) is 11.3 Å². The standard InChI is InChI=1S/C19H22N4O4S/c1-27-15-10-12(6-7-14(15)23-8-2-5-18(23)25)21-17(24)11-13(22-19(20)26)16-4-3-9-28-16/h3-4,6-7,9-10,13H,2,5,8,11H2,1H3,(H,21,24)(H3,20,22,26). The highest BCUT2D eigenvalue weighted by molar-refractivity contribution is 7.10. The van der Waals surface area contributed by atoms with Crippen LogP contribution in [0.3, 0.4) is 0 Å². The number of ether oxygens (including phenoxy) is 1. The second-order valence-electron chi connectivity index (χ2n) is 6.36. The zero-order valence-corrected chi connectivity index (χ0v) is 16.3. The second kappa shape index (κ2) is 8.75. The van der Waals surface area contributed by atoms with Gasteiger partial charge in [0.2, 0.25) is 11.8 Å². The summed E-state index contributed by atoms with van der Waals surface area (Å²) >= 11 is 1.44. The van der Waals surface area contributed by atoms with Crippen molar-refractivity contribution < 1.29 is 19.1 Å². The molecular weight excluding hydrogens is 380 g/mol. The average Bonchev–Trinajstić information content (AvgIpc) is 3.32. The van der Waals surface area contributed by atoms with Gasteiger partial charge >= 0.3 is 6.03 Å². The highest BCUT2D eigenvalue weighted by Gasteiger charge is 2.25. The monoisotopic (exact) mass is 402 g/mol. The minimum atomic E-state index is -0.687. The first-order valence-electron chi connectivity index (χ1n) is 8.85. The van der Waals surface area contributed by atoms with E-state index < -0.39 is 12.1 Å². The van der Waals surface area contributed by atoms with Gasteiger partial charge in [0.1, 0.15) is 5.75 Å². The van der Waals surface area contributed by atoms with Crippen LogP contribution in [0.1, 0.15) is 30.2 Å². The molecule has 1 aromatic carbocycles. The molecule has 4 amide bonds. The SMILES string of the molecule is COc1cc(NC(=O)CC(NC(N)=O)c2cccs2)ccc1N1CCCC1=O. The molecule has 0 aliphatic carbocycles. The Labute approximate surface area is 166 Å². The van der Waals surface area contributed by atoms with Gasteiger partial charge in [-0.3, -0.25) is 9.59 Å². The third kappa shape index (κ3) is 4.61. The topological polar surface area (TPSA) is 114 Å². The average molecular weight is 402 g/mol. The van der Waals surface area contributed by atoms with E-state index in [0.29, 0.717) is 30.1 Å². The van der Waals surface area contributed by atoms with Crippen LogP contribution in [0.25, 0.3) is 0 Å². The zero-order valence-electron chi connectivity index (χ0n) is 15.4. The van der Waals surface area contributed by atoms with Crippen LogP contribution in [0.2, 0.25) is 0 Å². The Morgan fingerprint density at radius 2 is 2.18 bits per heavy atom. The van der Waals surface area contributed by atoms with Crippen molar-refractivity contribution in [2.75, 3.05) is 23.9 Å². The van der Waals surface area contributed by atoms with Crippen LogP contribution in [0, 0.1) is 0 Å². The third-order valence-corrected chi connectivity index (χ3v) is 5.41. The van der Waals surface area contributed by atoms with Crippen molar-refractivity contribution in [1.29, 1.82) is 0 Å². The molecule has 1 fully saturated rings. The first kappa shape index (κ1) is 19.7. The molecule has 1 saturated heterocycles. The van der Waals surface area contributed by atoms with Gasteiger partial charge in [0.05, 0.1) is 25.3 Å². The van der Waals surface area contributed by atoms with Crippen LogP contribution in [-0.4, -0.2) is 31.5 Å². The van der Waals surface area contributed by atoms with Crippen LogP contribution in [0.5, 0.6) is 5.75 Å². The van der Waals surface area contributed by atoms with E-state index in [-0.39, 0.29) is 18.2 Å². The molecule has 8 nitrogen and oxygen atoms in total. The Kier molecular flexibility index (Phi) is 6.15. The van der Waals surface area contributed by atoms with Crippen LogP contribution in [0.15, 0.2) is 35.7 Å². The Hall–Kier alpha value is -3.07. The van der Waals surface area contributed by atoms with Crippen LogP contribution < -0.4 is 26.0 Å². The number of anilines is 2. The lowest BCUT2D eigenvalue weighted by atomic mass is 10.1. The summed E-state index contributed by atoms with van der Waals surface area (Å²) in [7, 11) is 1.52. The van der Waals surface area contributed by atoms with E-state index >= 15 is 0 Å². The molecule has 0 radical (unpaired) electrons. The molecule has 1 aliphatic rings. The quantitative estimate of drug-likeness (QED) is 0.660. The molecule has 0 spiro atoms. The van der Waals surface area contributed by atoms with Gasteiger partial charge in [-0.2, -0.15) is 0 Å². The summed E-state index contributed by atoms with van der Waals surface area (Å²) in [5.41, 5.74) is 6.46. The number of methoxy groups -OCH3 is 1. The first-order valence-corrected chi connectivity index (χ1v) is 9.73. The summed E-state index contributed by atoms with van der Waals surface area (Å²) in [5, 5.41) is 7.26. The van der Waals surface area contributed by atoms with E-state index in [1.807, 2.05) is 17.5 Å². The molecular formula is C19H22N4O4S. The molecule has 1 atom stereocenters. The summed E-state index contributed by atoms with van der Waals surface area (Å²) in [5.74, 6) is 0.295. The largest absolute Gasteiger partial charge is 0.494 e. The summed E-state index contributed by atoms with van der Waals surface area (Å²) in [6.45, 7) is 0.655. The number of hydrogen-bond donors (Lipinski definition) is 3. The third-order valence-electron chi connectivity index (χ3n) is 4.42. The molecule has 0 bridgehead atoms. The lowest BCUT2D eigenvalue weighted by Gasteiger charge is -2.20. The lowest BCUT2D eigenvalue weighted by Crippen LogP contribution is -2.34. The minimum Gasteiger partial charge on any atom is -0.494 e. The fourth-order valence-corrected chi connectivity index (χ4v) is 3.94. The predicted octanol–water partition coefficient (Wildman–Crippen LogP) is 2.62. The number of nitrogens with zero attached hydrogens (tertiary/aromatic N) is 1. The van der Waals surface area contributed by atoms with Gasteiger partial charge in [-0.05, 0) is 30.0 Å². The van der Waals surface area contributed by atoms with Crippen molar-refractivity contribution in [3.05, 3.63) is 40.6 Å². The zero-order chi connectivity index (χ0) is 20.1. The number of carbonyl (C=O) groups is 3. The van der Waals surface area contributed by atoms with Gasteiger partial charge in [0, 0.05) is 29.6 Å². The van der Waals surface area contributed by atoms with Gasteiger partial charge < -0.3 is 26.0 Å². The number of primary amides is 1. The van der Waals surface area contributed by atoms with Crippen LogP contribution in [0.4, 0.5) is 16.2 Å². The number of urea groups is 1. The van der Waals surface area contributed by atoms with Crippen molar-refractivity contribution in [2.24, 2.45) is 5.73 Å². The molecule has 1 unspecified atom stereocenters. The predicted molar refractivity (Wildman–Crippen MR) is 108 cm³/mol. The molecule has 3 rings (SSSR count). The van der Waals surface area contributed by atoms with E-state index in [0.717, 1.165) is 11.3 Å². The highest BCUT2D eigenvalue weighted by atomic mass is 32.1. The Morgan fingerprint density at radius 3 is 2.79 bits per heavy atom. The molecule has 2 heterocycles. The van der Waals surface area contributed by atoms with Crippen molar-refractivity contribution in [2.45, 2.75) is 25.3 Å². The second-order valence-corrected chi connectivity index (χ2v) is 7.34. The fourth-order valence-electron chi connectivity index (χ4n) is 3.16. The maximum atomic E-state index is 12.5. The first-order chi connectivity index (χ1) is 13.5. The normalized spacial score (nSPS) is 14.6. The van der Waals surface area contributed by atoms with Gasteiger partial charge in [0.15, 0.2) is 0 Å². The molecule has 4 N–H and O–H groups in total. The Morgan fingerprint density at radius 1 is 1.36 bits per heavy atom. The highest BCUT2D eigenvalue weighted by Crippen LogP contribution is 2.34. The van der Waals surface area contributed by atoms with E-state index in [1.165, 1.54) is 18.4 Å². The maximum absolute atomic E-state index is 12.5. The Balaban J connectivity index is 1.71. The molecule has 9 heteroatoms. The molecule has 1 aromatic heterocycles. The van der Waals surface area contributed by atoms with Crippen molar-refractivity contribution in [1.82, 2.24) is 5.32 Å². The number of rotatable bonds is 7. The van der Waals surface area contributed by atoms with Gasteiger partial charge in [-0.1, -0.05) is 6.07 Å². The van der Waals surface area contributed by atoms with Crippen molar-refractivity contribution >= 4 is 40.6 Å². The van der Waals surface area contributed by atoms with Crippen molar-refractivity contribution in [3.63, 3.8) is 0 Å². The van der Waals surface area contributed by atoms with Crippen LogP contribution in [-0.2, 0) is 9.59 Å². The van der Waals surface area contributed by atoms with E-state index in [1.54, 1.807) is 23.1 Å². The number of benzene rings is 1. The summed E-state index contributed by atoms with van der Waals surface area (Å²) in [6.07, 6.45) is 1.38. The summed E-state index contributed by atoms with van der Waals surface area (Å²) in [4.78, 5) is 38.3. The van der Waals surface area contributed by atoms with Gasteiger partial charge in [0.25, 0.3) is 0 Å². The molecule has 1 aliphatic heterocycles. The fraction of sp³-hybridized carbons (Fsp3) is 0.316. The van der Waals surface area contributed by atoms with E-state index in [9.17, 15) is 14.4 Å².